The zero-order chi connectivity index (χ0) is 25.6. The molecule has 1 amide bonds. The number of rotatable bonds is 5. The molecule has 1 unspecified atom stereocenters. The third-order valence-corrected chi connectivity index (χ3v) is 6.20. The van der Waals surface area contributed by atoms with Gasteiger partial charge in [-0.3, -0.25) is 4.79 Å². The minimum Gasteiger partial charge on any atom is -0.508 e. The van der Waals surface area contributed by atoms with E-state index < -0.39 is 35.0 Å². The molecule has 0 saturated heterocycles. The second-order valence-electron chi connectivity index (χ2n) is 9.14. The molecule has 35 heavy (non-hydrogen) atoms. The summed E-state index contributed by atoms with van der Waals surface area (Å²) in [6, 6.07) is 5.65. The third-order valence-electron chi connectivity index (χ3n) is 6.20. The van der Waals surface area contributed by atoms with Gasteiger partial charge in [0.2, 0.25) is 5.60 Å². The molecule has 190 valence electrons. The lowest BCUT2D eigenvalue weighted by Crippen LogP contribution is -2.52. The maximum Gasteiger partial charge on any atom is 0.418 e. The van der Waals surface area contributed by atoms with E-state index in [1.807, 2.05) is 0 Å². The van der Waals surface area contributed by atoms with Crippen LogP contribution < -0.4 is 20.1 Å². The van der Waals surface area contributed by atoms with Crippen molar-refractivity contribution in [3.05, 3.63) is 41.5 Å². The van der Waals surface area contributed by atoms with Crippen molar-refractivity contribution < 1.29 is 41.3 Å². The van der Waals surface area contributed by atoms with Crippen LogP contribution in [0.15, 0.2) is 30.3 Å². The topological polar surface area (TPSA) is 79.8 Å². The van der Waals surface area contributed by atoms with Gasteiger partial charge in [-0.2, -0.15) is 22.0 Å². The highest BCUT2D eigenvalue weighted by Crippen LogP contribution is 2.45. The summed E-state index contributed by atoms with van der Waals surface area (Å²) in [6.45, 7) is 1.80. The maximum absolute atomic E-state index is 13.8. The zero-order valence-corrected chi connectivity index (χ0v) is 19.1. The Morgan fingerprint density at radius 3 is 2.49 bits per heavy atom. The number of carbonyl (C=O) groups is 1. The van der Waals surface area contributed by atoms with Crippen LogP contribution in [0, 0.1) is 0 Å². The summed E-state index contributed by atoms with van der Waals surface area (Å²) in [4.78, 5) is 13.0. The monoisotopic (exact) mass is 500 g/mol. The predicted octanol–water partition coefficient (Wildman–Crippen LogP) is 6.26. The van der Waals surface area contributed by atoms with Crippen molar-refractivity contribution in [3.63, 3.8) is 0 Å². The number of anilines is 2. The maximum atomic E-state index is 13.8. The summed E-state index contributed by atoms with van der Waals surface area (Å²) in [5, 5.41) is 15.6. The van der Waals surface area contributed by atoms with E-state index in [9.17, 15) is 31.9 Å². The van der Waals surface area contributed by atoms with Gasteiger partial charge in [0.1, 0.15) is 17.2 Å². The van der Waals surface area contributed by atoms with Crippen LogP contribution in [0.4, 0.5) is 33.3 Å². The second kappa shape index (κ2) is 8.76. The summed E-state index contributed by atoms with van der Waals surface area (Å²) in [5.41, 5.74) is -2.76. The molecule has 2 aromatic rings. The number of carbonyl (C=O) groups excluding carboxylic acids is 1. The van der Waals surface area contributed by atoms with E-state index in [0.29, 0.717) is 19.8 Å². The quantitative estimate of drug-likeness (QED) is 0.422. The number of ether oxygens (including phenoxy) is 2. The SMILES string of the molecule is CC(F)(F)Oc1ccc2c(c1)NCC(C)(C(=O)Nc1cc(O)c(C3CCCC3)cc1C(F)(F)F)O2. The van der Waals surface area contributed by atoms with Gasteiger partial charge in [-0.25, -0.2) is 0 Å². The van der Waals surface area contributed by atoms with Crippen LogP contribution >= 0.6 is 0 Å². The van der Waals surface area contributed by atoms with Crippen LogP contribution in [0.1, 0.15) is 56.6 Å². The van der Waals surface area contributed by atoms with Crippen LogP contribution in [0.5, 0.6) is 17.2 Å². The number of aromatic hydroxyl groups is 1. The van der Waals surface area contributed by atoms with Gasteiger partial charge in [0.05, 0.1) is 23.5 Å². The van der Waals surface area contributed by atoms with Crippen molar-refractivity contribution in [2.24, 2.45) is 0 Å². The van der Waals surface area contributed by atoms with E-state index in [-0.39, 0.29) is 41.0 Å². The van der Waals surface area contributed by atoms with E-state index in [0.717, 1.165) is 25.0 Å². The normalized spacial score (nSPS) is 20.5. The number of hydrogen-bond acceptors (Lipinski definition) is 5. The van der Waals surface area contributed by atoms with Crippen LogP contribution in [0.3, 0.4) is 0 Å². The van der Waals surface area contributed by atoms with Crippen molar-refractivity contribution in [1.29, 1.82) is 0 Å². The molecule has 0 radical (unpaired) electrons. The number of nitrogens with one attached hydrogen (secondary N) is 2. The molecular formula is C24H25F5N2O4. The molecule has 0 spiro atoms. The fraction of sp³-hybridized carbons (Fsp3) is 0.458. The number of halogens is 5. The van der Waals surface area contributed by atoms with Crippen molar-refractivity contribution in [3.8, 4) is 17.2 Å². The van der Waals surface area contributed by atoms with Crippen molar-refractivity contribution in [2.75, 3.05) is 17.2 Å². The average molecular weight is 500 g/mol. The van der Waals surface area contributed by atoms with E-state index in [4.69, 9.17) is 4.74 Å². The minimum absolute atomic E-state index is 0.131. The van der Waals surface area contributed by atoms with E-state index in [2.05, 4.69) is 15.4 Å². The molecule has 2 aliphatic rings. The molecule has 1 atom stereocenters. The molecule has 11 heteroatoms. The first kappa shape index (κ1) is 24.9. The van der Waals surface area contributed by atoms with Crippen molar-refractivity contribution in [2.45, 2.75) is 63.3 Å². The first-order valence-electron chi connectivity index (χ1n) is 11.1. The highest BCUT2D eigenvalue weighted by Gasteiger charge is 2.42. The lowest BCUT2D eigenvalue weighted by molar-refractivity contribution is -0.159. The second-order valence-corrected chi connectivity index (χ2v) is 9.14. The van der Waals surface area contributed by atoms with Gasteiger partial charge in [0.25, 0.3) is 5.91 Å². The van der Waals surface area contributed by atoms with Gasteiger partial charge >= 0.3 is 12.3 Å². The molecule has 1 fully saturated rings. The van der Waals surface area contributed by atoms with Crippen LogP contribution in [0.2, 0.25) is 0 Å². The fourth-order valence-electron chi connectivity index (χ4n) is 4.44. The van der Waals surface area contributed by atoms with Crippen LogP contribution in [-0.4, -0.2) is 29.3 Å². The van der Waals surface area contributed by atoms with Gasteiger partial charge in [-0.05, 0) is 49.4 Å². The Labute approximate surface area is 198 Å². The molecule has 1 aliphatic carbocycles. The smallest absolute Gasteiger partial charge is 0.418 e. The Morgan fingerprint density at radius 2 is 1.86 bits per heavy atom. The number of alkyl halides is 5. The van der Waals surface area contributed by atoms with Gasteiger partial charge in [-0.15, -0.1) is 0 Å². The molecular weight excluding hydrogens is 475 g/mol. The first-order chi connectivity index (χ1) is 16.2. The van der Waals surface area contributed by atoms with E-state index in [1.165, 1.54) is 25.1 Å². The number of hydrogen-bond donors (Lipinski definition) is 3. The average Bonchev–Trinajstić information content (AvgIpc) is 3.26. The highest BCUT2D eigenvalue weighted by atomic mass is 19.4. The van der Waals surface area contributed by atoms with E-state index in [1.54, 1.807) is 0 Å². The van der Waals surface area contributed by atoms with Gasteiger partial charge in [0.15, 0.2) is 0 Å². The Hall–Kier alpha value is -3.24. The van der Waals surface area contributed by atoms with Crippen LogP contribution in [-0.2, 0) is 11.0 Å². The van der Waals surface area contributed by atoms with Crippen LogP contribution in [0.25, 0.3) is 0 Å². The largest absolute Gasteiger partial charge is 0.508 e. The summed E-state index contributed by atoms with van der Waals surface area (Å²) in [6.07, 6.45) is -5.02. The molecule has 0 bridgehead atoms. The Balaban J connectivity index is 1.57. The molecule has 4 rings (SSSR count). The molecule has 3 N–H and O–H groups in total. The third kappa shape index (κ3) is 5.38. The molecule has 2 aromatic carbocycles. The number of phenols is 1. The minimum atomic E-state index is -4.76. The molecule has 6 nitrogen and oxygen atoms in total. The fourth-order valence-corrected chi connectivity index (χ4v) is 4.44. The Bertz CT molecular complexity index is 1130. The molecule has 0 aromatic heterocycles. The Kier molecular flexibility index (Phi) is 6.23. The summed E-state index contributed by atoms with van der Waals surface area (Å²) in [7, 11) is 0. The van der Waals surface area contributed by atoms with Crippen molar-refractivity contribution >= 4 is 17.3 Å². The van der Waals surface area contributed by atoms with Gasteiger partial charge < -0.3 is 25.2 Å². The molecule has 1 heterocycles. The van der Waals surface area contributed by atoms with Gasteiger partial charge in [0, 0.05) is 19.1 Å². The number of benzene rings is 2. The Morgan fingerprint density at radius 1 is 1.17 bits per heavy atom. The standard InChI is InChI=1S/C24H25F5N2O4/c1-22(12-30-18-9-14(34-23(2,25)26)7-8-20(18)35-22)21(33)31-17-11-19(32)15(13-5-3-4-6-13)10-16(17)24(27,28)29/h7-11,13,30,32H,3-6,12H2,1-2H3,(H,31,33). The van der Waals surface area contributed by atoms with Gasteiger partial charge in [-0.1, -0.05) is 12.8 Å². The number of amides is 1. The molecule has 1 saturated carbocycles. The summed E-state index contributed by atoms with van der Waals surface area (Å²) < 4.78 is 78.0. The lowest BCUT2D eigenvalue weighted by atomic mass is 9.93. The lowest BCUT2D eigenvalue weighted by Gasteiger charge is -2.35. The molecule has 1 aliphatic heterocycles. The predicted molar refractivity (Wildman–Crippen MR) is 118 cm³/mol. The number of phenolic OH excluding ortho intramolecular Hbond substituents is 1. The van der Waals surface area contributed by atoms with E-state index >= 15 is 0 Å². The number of fused-ring (bicyclic) bond motifs is 1. The first-order valence-corrected chi connectivity index (χ1v) is 11.1. The zero-order valence-electron chi connectivity index (χ0n) is 19.1. The summed E-state index contributed by atoms with van der Waals surface area (Å²) >= 11 is 0. The highest BCUT2D eigenvalue weighted by molar-refractivity contribution is 5.99. The summed E-state index contributed by atoms with van der Waals surface area (Å²) in [5.74, 6) is -1.35. The van der Waals surface area contributed by atoms with Crippen molar-refractivity contribution in [1.82, 2.24) is 0 Å².